The molecule has 0 spiro atoms. The van der Waals surface area contributed by atoms with Crippen molar-refractivity contribution in [2.75, 3.05) is 0 Å². The first kappa shape index (κ1) is 17.2. The highest BCUT2D eigenvalue weighted by Crippen LogP contribution is 2.20. The third-order valence-corrected chi connectivity index (χ3v) is 4.09. The topological polar surface area (TPSA) is 59.8 Å². The van der Waals surface area contributed by atoms with E-state index in [1.54, 1.807) is 23.3 Å². The van der Waals surface area contributed by atoms with E-state index in [1.807, 2.05) is 36.4 Å². The molecule has 5 nitrogen and oxygen atoms in total. The molecule has 0 saturated heterocycles. The first-order valence-corrected chi connectivity index (χ1v) is 8.56. The lowest BCUT2D eigenvalue weighted by molar-refractivity contribution is 0.0950. The van der Waals surface area contributed by atoms with Crippen molar-refractivity contribution >= 4 is 17.5 Å². The van der Waals surface area contributed by atoms with E-state index >= 15 is 0 Å². The van der Waals surface area contributed by atoms with Crippen molar-refractivity contribution in [2.24, 2.45) is 0 Å². The van der Waals surface area contributed by atoms with E-state index in [4.69, 9.17) is 11.6 Å². The van der Waals surface area contributed by atoms with Crippen molar-refractivity contribution in [2.45, 2.75) is 26.3 Å². The molecule has 2 heterocycles. The highest BCUT2D eigenvalue weighted by atomic mass is 35.5. The number of aromatic nitrogens is 3. The zero-order chi connectivity index (χ0) is 17.6. The predicted octanol–water partition coefficient (Wildman–Crippen LogP) is 3.80. The molecule has 0 aliphatic carbocycles. The average molecular weight is 355 g/mol. The third kappa shape index (κ3) is 4.06. The fraction of sp³-hybridized carbons (Fsp3) is 0.211. The van der Waals surface area contributed by atoms with Crippen LogP contribution in [-0.2, 0) is 13.0 Å². The maximum absolute atomic E-state index is 12.6. The molecule has 0 radical (unpaired) electrons. The van der Waals surface area contributed by atoms with Gasteiger partial charge in [-0.1, -0.05) is 31.0 Å². The number of pyridine rings is 1. The summed E-state index contributed by atoms with van der Waals surface area (Å²) in [6.07, 6.45) is 6.71. The maximum Gasteiger partial charge on any atom is 0.255 e. The van der Waals surface area contributed by atoms with Crippen LogP contribution in [0.25, 0.3) is 5.69 Å². The van der Waals surface area contributed by atoms with Gasteiger partial charge in [0.25, 0.3) is 5.91 Å². The van der Waals surface area contributed by atoms with Crippen LogP contribution >= 0.6 is 11.6 Å². The molecule has 25 heavy (non-hydrogen) atoms. The van der Waals surface area contributed by atoms with Gasteiger partial charge in [-0.2, -0.15) is 5.10 Å². The minimum absolute atomic E-state index is 0.131. The molecule has 6 heteroatoms. The summed E-state index contributed by atoms with van der Waals surface area (Å²) in [5.41, 5.74) is 3.33. The quantitative estimate of drug-likeness (QED) is 0.732. The van der Waals surface area contributed by atoms with Gasteiger partial charge in [-0.3, -0.25) is 9.78 Å². The molecule has 0 aliphatic heterocycles. The molecule has 3 rings (SSSR count). The molecule has 128 valence electrons. The van der Waals surface area contributed by atoms with Gasteiger partial charge in [0, 0.05) is 24.0 Å². The van der Waals surface area contributed by atoms with Gasteiger partial charge >= 0.3 is 0 Å². The number of nitrogens with one attached hydrogen (secondary N) is 1. The molecule has 0 bridgehead atoms. The Labute approximate surface area is 151 Å². The lowest BCUT2D eigenvalue weighted by atomic mass is 10.1. The molecule has 0 atom stereocenters. The zero-order valence-corrected chi connectivity index (χ0v) is 14.7. The minimum atomic E-state index is -0.131. The Bertz CT molecular complexity index is 861. The SMILES string of the molecule is CCCc1c(C(=O)NCc2ccncc2)cnn1-c1cccc(Cl)c1. The third-order valence-electron chi connectivity index (χ3n) is 3.86. The summed E-state index contributed by atoms with van der Waals surface area (Å²) in [7, 11) is 0. The normalized spacial score (nSPS) is 10.6. The van der Waals surface area contributed by atoms with E-state index in [9.17, 15) is 4.79 Å². The largest absolute Gasteiger partial charge is 0.348 e. The van der Waals surface area contributed by atoms with Crippen LogP contribution in [0.3, 0.4) is 0 Å². The Morgan fingerprint density at radius 2 is 2.04 bits per heavy atom. The van der Waals surface area contributed by atoms with Crippen molar-refractivity contribution in [3.63, 3.8) is 0 Å². The Morgan fingerprint density at radius 3 is 2.76 bits per heavy atom. The zero-order valence-electron chi connectivity index (χ0n) is 13.9. The summed E-state index contributed by atoms with van der Waals surface area (Å²) < 4.78 is 1.79. The number of carbonyl (C=O) groups excluding carboxylic acids is 1. The standard InChI is InChI=1S/C19H19ClN4O/c1-2-4-18-17(19(25)22-12-14-7-9-21-10-8-14)13-23-24(18)16-6-3-5-15(20)11-16/h3,5-11,13H,2,4,12H2,1H3,(H,22,25). The number of benzene rings is 1. The molecule has 0 unspecified atom stereocenters. The summed E-state index contributed by atoms with van der Waals surface area (Å²) in [6.45, 7) is 2.53. The Kier molecular flexibility index (Phi) is 5.46. The second-order valence-corrected chi connectivity index (χ2v) is 6.12. The number of carbonyl (C=O) groups is 1. The summed E-state index contributed by atoms with van der Waals surface area (Å²) in [4.78, 5) is 16.6. The van der Waals surface area contributed by atoms with Crippen LogP contribution in [0.1, 0.15) is 35.0 Å². The van der Waals surface area contributed by atoms with Crippen molar-refractivity contribution in [3.05, 3.63) is 76.8 Å². The second-order valence-electron chi connectivity index (χ2n) is 5.68. The van der Waals surface area contributed by atoms with E-state index in [1.165, 1.54) is 0 Å². The second kappa shape index (κ2) is 7.94. The van der Waals surface area contributed by atoms with Crippen molar-refractivity contribution < 1.29 is 4.79 Å². The van der Waals surface area contributed by atoms with E-state index in [0.717, 1.165) is 29.8 Å². The fourth-order valence-electron chi connectivity index (χ4n) is 2.65. The molecular formula is C19H19ClN4O. The van der Waals surface area contributed by atoms with Gasteiger partial charge < -0.3 is 5.32 Å². The van der Waals surface area contributed by atoms with Gasteiger partial charge in [-0.05, 0) is 42.3 Å². The van der Waals surface area contributed by atoms with Crippen LogP contribution in [0.15, 0.2) is 55.0 Å². The number of amides is 1. The van der Waals surface area contributed by atoms with E-state index in [2.05, 4.69) is 22.3 Å². The Morgan fingerprint density at radius 1 is 1.24 bits per heavy atom. The van der Waals surface area contributed by atoms with Gasteiger partial charge in [0.05, 0.1) is 23.1 Å². The molecule has 2 aromatic heterocycles. The van der Waals surface area contributed by atoms with Crippen LogP contribution in [0.2, 0.25) is 5.02 Å². The summed E-state index contributed by atoms with van der Waals surface area (Å²) in [5.74, 6) is -0.131. The molecular weight excluding hydrogens is 336 g/mol. The van der Waals surface area contributed by atoms with Crippen LogP contribution in [0, 0.1) is 0 Å². The smallest absolute Gasteiger partial charge is 0.255 e. The summed E-state index contributed by atoms with van der Waals surface area (Å²) in [6, 6.07) is 11.2. The van der Waals surface area contributed by atoms with Gasteiger partial charge in [0.1, 0.15) is 0 Å². The Balaban J connectivity index is 1.84. The maximum atomic E-state index is 12.6. The molecule has 0 fully saturated rings. The van der Waals surface area contributed by atoms with Gasteiger partial charge in [0.15, 0.2) is 0 Å². The number of halogens is 1. The van der Waals surface area contributed by atoms with E-state index < -0.39 is 0 Å². The van der Waals surface area contributed by atoms with Crippen LogP contribution in [0.5, 0.6) is 0 Å². The fourth-order valence-corrected chi connectivity index (χ4v) is 2.83. The van der Waals surface area contributed by atoms with E-state index in [-0.39, 0.29) is 5.91 Å². The van der Waals surface area contributed by atoms with Crippen LogP contribution in [-0.4, -0.2) is 20.7 Å². The van der Waals surface area contributed by atoms with Crippen LogP contribution < -0.4 is 5.32 Å². The number of rotatable bonds is 6. The lowest BCUT2D eigenvalue weighted by Crippen LogP contribution is -2.24. The van der Waals surface area contributed by atoms with E-state index in [0.29, 0.717) is 17.1 Å². The minimum Gasteiger partial charge on any atom is -0.348 e. The highest BCUT2D eigenvalue weighted by Gasteiger charge is 2.17. The van der Waals surface area contributed by atoms with Crippen molar-refractivity contribution in [1.29, 1.82) is 0 Å². The first-order chi connectivity index (χ1) is 12.2. The summed E-state index contributed by atoms with van der Waals surface area (Å²) >= 11 is 6.09. The lowest BCUT2D eigenvalue weighted by Gasteiger charge is -2.10. The molecule has 1 aromatic carbocycles. The van der Waals surface area contributed by atoms with Gasteiger partial charge in [-0.15, -0.1) is 0 Å². The van der Waals surface area contributed by atoms with Gasteiger partial charge in [-0.25, -0.2) is 4.68 Å². The molecule has 0 aliphatic rings. The van der Waals surface area contributed by atoms with Crippen molar-refractivity contribution in [3.8, 4) is 5.69 Å². The number of hydrogen-bond donors (Lipinski definition) is 1. The molecule has 1 N–H and O–H groups in total. The average Bonchev–Trinajstić information content (AvgIpc) is 3.05. The number of hydrogen-bond acceptors (Lipinski definition) is 3. The van der Waals surface area contributed by atoms with Crippen molar-refractivity contribution in [1.82, 2.24) is 20.1 Å². The van der Waals surface area contributed by atoms with Gasteiger partial charge in [0.2, 0.25) is 0 Å². The Hall–Kier alpha value is -2.66. The predicted molar refractivity (Wildman–Crippen MR) is 98.0 cm³/mol. The monoisotopic (exact) mass is 354 g/mol. The highest BCUT2D eigenvalue weighted by molar-refractivity contribution is 6.30. The summed E-state index contributed by atoms with van der Waals surface area (Å²) in [5, 5.41) is 7.99. The van der Waals surface area contributed by atoms with Crippen LogP contribution in [0.4, 0.5) is 0 Å². The molecule has 3 aromatic rings. The molecule has 1 amide bonds. The number of nitrogens with zero attached hydrogens (tertiary/aromatic N) is 3. The first-order valence-electron chi connectivity index (χ1n) is 8.19. The molecule has 0 saturated carbocycles.